The molecule has 1 unspecified atom stereocenters. The number of ether oxygens (including phenoxy) is 3. The lowest BCUT2D eigenvalue weighted by Crippen LogP contribution is -2.20. The van der Waals surface area contributed by atoms with Crippen LogP contribution in [-0.2, 0) is 24.7 Å². The van der Waals surface area contributed by atoms with E-state index < -0.39 is 5.91 Å². The van der Waals surface area contributed by atoms with E-state index in [9.17, 15) is 9.59 Å². The molecule has 1 atom stereocenters. The minimum atomic E-state index is -0.506. The van der Waals surface area contributed by atoms with Gasteiger partial charge in [-0.25, -0.2) is 0 Å². The number of methoxy groups -OCH3 is 3. The average Bonchev–Trinajstić information content (AvgIpc) is 3.40. The van der Waals surface area contributed by atoms with E-state index >= 15 is 0 Å². The van der Waals surface area contributed by atoms with Gasteiger partial charge in [-0.1, -0.05) is 18.7 Å². The highest BCUT2D eigenvalue weighted by molar-refractivity contribution is 7.99. The molecule has 1 aliphatic rings. The summed E-state index contributed by atoms with van der Waals surface area (Å²) in [6, 6.07) is 3.58. The third kappa shape index (κ3) is 5.00. The molecular formula is C24H29N5O5S2. The van der Waals surface area contributed by atoms with Gasteiger partial charge in [-0.05, 0) is 42.9 Å². The number of nitrogens with two attached hydrogens (primary N) is 1. The Morgan fingerprint density at radius 1 is 1.19 bits per heavy atom. The van der Waals surface area contributed by atoms with Crippen molar-refractivity contribution in [2.75, 3.05) is 32.4 Å². The van der Waals surface area contributed by atoms with Crippen LogP contribution in [0, 0.1) is 5.92 Å². The number of primary amides is 1. The van der Waals surface area contributed by atoms with Gasteiger partial charge in [0.15, 0.2) is 22.5 Å². The number of carbonyl (C=O) groups is 2. The second-order valence-corrected chi connectivity index (χ2v) is 10.6. The highest BCUT2D eigenvalue weighted by Gasteiger charge is 2.27. The quantitative estimate of drug-likeness (QED) is 0.401. The molecule has 192 valence electrons. The summed E-state index contributed by atoms with van der Waals surface area (Å²) >= 11 is 2.69. The Balaban J connectivity index is 1.49. The molecule has 2 amide bonds. The predicted molar refractivity (Wildman–Crippen MR) is 139 cm³/mol. The van der Waals surface area contributed by atoms with E-state index in [0.717, 1.165) is 35.3 Å². The third-order valence-corrected chi connectivity index (χ3v) is 8.29. The van der Waals surface area contributed by atoms with E-state index in [1.165, 1.54) is 23.1 Å². The molecule has 2 aromatic heterocycles. The summed E-state index contributed by atoms with van der Waals surface area (Å²) in [5.41, 5.74) is 7.81. The van der Waals surface area contributed by atoms with Crippen molar-refractivity contribution < 1.29 is 23.8 Å². The number of thioether (sulfide) groups is 1. The van der Waals surface area contributed by atoms with Crippen LogP contribution >= 0.6 is 23.1 Å². The lowest BCUT2D eigenvalue weighted by Gasteiger charge is -2.18. The summed E-state index contributed by atoms with van der Waals surface area (Å²) < 4.78 is 18.0. The monoisotopic (exact) mass is 531 g/mol. The van der Waals surface area contributed by atoms with Gasteiger partial charge in [0.2, 0.25) is 11.7 Å². The van der Waals surface area contributed by atoms with E-state index in [1.54, 1.807) is 38.0 Å². The van der Waals surface area contributed by atoms with Gasteiger partial charge >= 0.3 is 0 Å². The molecule has 0 aliphatic heterocycles. The first kappa shape index (κ1) is 25.8. The summed E-state index contributed by atoms with van der Waals surface area (Å²) in [4.78, 5) is 26.1. The SMILES string of the molecule is COc1cc(-c2nnc(SCC(=O)Nc3sc4c(c3C(N)=O)CCC(C)C4)n2C)cc(OC)c1OC. The van der Waals surface area contributed by atoms with Crippen molar-refractivity contribution in [1.29, 1.82) is 0 Å². The minimum Gasteiger partial charge on any atom is -0.493 e. The molecule has 3 aromatic rings. The number of thiophene rings is 1. The van der Waals surface area contributed by atoms with E-state index in [-0.39, 0.29) is 11.7 Å². The standard InChI is InChI=1S/C24H29N5O5S2/c1-12-6-7-14-17(8-12)36-23(19(14)21(25)31)26-18(30)11-35-24-28-27-22(29(24)2)13-9-15(32-3)20(34-5)16(10-13)33-4/h9-10,12H,6-8,11H2,1-5H3,(H2,25,31)(H,26,30). The summed E-state index contributed by atoms with van der Waals surface area (Å²) in [6.07, 6.45) is 2.71. The van der Waals surface area contributed by atoms with Crippen LogP contribution in [-0.4, -0.2) is 53.7 Å². The van der Waals surface area contributed by atoms with Gasteiger partial charge in [-0.2, -0.15) is 0 Å². The molecule has 0 radical (unpaired) electrons. The summed E-state index contributed by atoms with van der Waals surface area (Å²) in [6.45, 7) is 2.19. The van der Waals surface area contributed by atoms with Gasteiger partial charge in [0.25, 0.3) is 5.91 Å². The van der Waals surface area contributed by atoms with Crippen LogP contribution in [0.2, 0.25) is 0 Å². The van der Waals surface area contributed by atoms with Crippen LogP contribution in [0.5, 0.6) is 17.2 Å². The van der Waals surface area contributed by atoms with E-state index in [1.807, 2.05) is 7.05 Å². The average molecular weight is 532 g/mol. The Labute approximate surface area is 217 Å². The van der Waals surface area contributed by atoms with Crippen LogP contribution in [0.4, 0.5) is 5.00 Å². The highest BCUT2D eigenvalue weighted by Crippen LogP contribution is 2.41. The van der Waals surface area contributed by atoms with Crippen molar-refractivity contribution in [1.82, 2.24) is 14.8 Å². The number of rotatable bonds is 9. The number of benzene rings is 1. The minimum absolute atomic E-state index is 0.0956. The number of amides is 2. The number of anilines is 1. The lowest BCUT2D eigenvalue weighted by molar-refractivity contribution is -0.113. The lowest BCUT2D eigenvalue weighted by atomic mass is 9.88. The van der Waals surface area contributed by atoms with Gasteiger partial charge < -0.3 is 29.8 Å². The first-order valence-corrected chi connectivity index (χ1v) is 13.1. The molecule has 1 aromatic carbocycles. The maximum atomic E-state index is 12.8. The molecule has 36 heavy (non-hydrogen) atoms. The zero-order chi connectivity index (χ0) is 26.0. The summed E-state index contributed by atoms with van der Waals surface area (Å²) in [5, 5.41) is 12.5. The first-order valence-electron chi connectivity index (χ1n) is 11.3. The number of aromatic nitrogens is 3. The van der Waals surface area contributed by atoms with Gasteiger partial charge in [-0.3, -0.25) is 9.59 Å². The van der Waals surface area contributed by atoms with Crippen LogP contribution in [0.25, 0.3) is 11.4 Å². The fourth-order valence-corrected chi connectivity index (χ4v) is 6.44. The Morgan fingerprint density at radius 3 is 2.50 bits per heavy atom. The Kier molecular flexibility index (Phi) is 7.74. The number of carbonyl (C=O) groups excluding carboxylic acids is 2. The smallest absolute Gasteiger partial charge is 0.251 e. The fraction of sp³-hybridized carbons (Fsp3) is 0.417. The van der Waals surface area contributed by atoms with E-state index in [4.69, 9.17) is 19.9 Å². The molecule has 2 heterocycles. The second-order valence-electron chi connectivity index (χ2n) is 8.54. The number of hydrogen-bond donors (Lipinski definition) is 2. The molecule has 0 saturated heterocycles. The van der Waals surface area contributed by atoms with E-state index in [0.29, 0.717) is 44.7 Å². The zero-order valence-corrected chi connectivity index (χ0v) is 22.5. The number of fused-ring (bicyclic) bond motifs is 1. The van der Waals surface area contributed by atoms with Crippen LogP contribution in [0.15, 0.2) is 17.3 Å². The van der Waals surface area contributed by atoms with E-state index in [2.05, 4.69) is 22.4 Å². The predicted octanol–water partition coefficient (Wildman–Crippen LogP) is 3.52. The molecule has 3 N–H and O–H groups in total. The Morgan fingerprint density at radius 2 is 1.89 bits per heavy atom. The molecule has 0 bridgehead atoms. The van der Waals surface area contributed by atoms with Crippen molar-refractivity contribution in [3.05, 3.63) is 28.1 Å². The van der Waals surface area contributed by atoms with Gasteiger partial charge in [0, 0.05) is 17.5 Å². The van der Waals surface area contributed by atoms with Gasteiger partial charge in [0.05, 0.1) is 32.6 Å². The van der Waals surface area contributed by atoms with Crippen LogP contribution in [0.3, 0.4) is 0 Å². The first-order chi connectivity index (χ1) is 17.3. The van der Waals surface area contributed by atoms with Crippen molar-refractivity contribution in [2.24, 2.45) is 18.7 Å². The maximum Gasteiger partial charge on any atom is 0.251 e. The molecule has 0 saturated carbocycles. The molecule has 1 aliphatic carbocycles. The molecule has 12 heteroatoms. The molecular weight excluding hydrogens is 502 g/mol. The van der Waals surface area contributed by atoms with Crippen LogP contribution in [0.1, 0.15) is 34.1 Å². The van der Waals surface area contributed by atoms with Crippen molar-refractivity contribution >= 4 is 39.9 Å². The zero-order valence-electron chi connectivity index (χ0n) is 20.8. The largest absolute Gasteiger partial charge is 0.493 e. The summed E-state index contributed by atoms with van der Waals surface area (Å²) in [5.74, 6) is 1.96. The summed E-state index contributed by atoms with van der Waals surface area (Å²) in [7, 11) is 6.46. The third-order valence-electron chi connectivity index (χ3n) is 6.10. The second kappa shape index (κ2) is 10.8. The van der Waals surface area contributed by atoms with Gasteiger partial charge in [0.1, 0.15) is 5.00 Å². The van der Waals surface area contributed by atoms with Gasteiger partial charge in [-0.15, -0.1) is 21.5 Å². The highest BCUT2D eigenvalue weighted by atomic mass is 32.2. The van der Waals surface area contributed by atoms with Crippen molar-refractivity contribution in [3.8, 4) is 28.6 Å². The van der Waals surface area contributed by atoms with Crippen molar-refractivity contribution in [3.63, 3.8) is 0 Å². The maximum absolute atomic E-state index is 12.8. The topological polar surface area (TPSA) is 131 Å². The van der Waals surface area contributed by atoms with Crippen LogP contribution < -0.4 is 25.3 Å². The Hall–Kier alpha value is -3.25. The number of hydrogen-bond acceptors (Lipinski definition) is 9. The molecule has 0 spiro atoms. The Bertz CT molecular complexity index is 1280. The van der Waals surface area contributed by atoms with Crippen molar-refractivity contribution in [2.45, 2.75) is 31.3 Å². The normalized spacial score (nSPS) is 14.8. The molecule has 4 rings (SSSR count). The fourth-order valence-electron chi connectivity index (χ4n) is 4.29. The molecule has 0 fully saturated rings. The number of nitrogens with zero attached hydrogens (tertiary/aromatic N) is 3. The number of nitrogens with one attached hydrogen (secondary N) is 1. The molecule has 10 nitrogen and oxygen atoms in total.